The fourth-order valence-corrected chi connectivity index (χ4v) is 3.72. The summed E-state index contributed by atoms with van der Waals surface area (Å²) in [5.74, 6) is -0.981. The number of rotatable bonds is 8. The Morgan fingerprint density at radius 3 is 2.43 bits per heavy atom. The molecule has 2 aromatic rings. The Morgan fingerprint density at radius 1 is 1.10 bits per heavy atom. The minimum Gasteiger partial charge on any atom is -0.351 e. The van der Waals surface area contributed by atoms with Crippen molar-refractivity contribution in [1.82, 2.24) is 15.6 Å². The molecule has 0 saturated heterocycles. The second kappa shape index (κ2) is 9.60. The van der Waals surface area contributed by atoms with Crippen LogP contribution in [0.25, 0.3) is 0 Å². The summed E-state index contributed by atoms with van der Waals surface area (Å²) in [5.41, 5.74) is -1.83. The van der Waals surface area contributed by atoms with Crippen molar-refractivity contribution in [2.24, 2.45) is 0 Å². The van der Waals surface area contributed by atoms with Crippen molar-refractivity contribution < 1.29 is 22.3 Å². The molecule has 0 amide bonds. The third-order valence-electron chi connectivity index (χ3n) is 5.40. The lowest BCUT2D eigenvalue weighted by Crippen LogP contribution is -2.43. The minimum absolute atomic E-state index is 0.0262. The first kappa shape index (κ1) is 22.9. The lowest BCUT2D eigenvalue weighted by molar-refractivity contribution is -0.137. The van der Waals surface area contributed by atoms with E-state index in [4.69, 9.17) is 16.3 Å². The molecule has 1 aromatic heterocycles. The van der Waals surface area contributed by atoms with Crippen LogP contribution in [0.1, 0.15) is 49.4 Å². The van der Waals surface area contributed by atoms with Gasteiger partial charge in [0.25, 0.3) is 0 Å². The van der Waals surface area contributed by atoms with Crippen molar-refractivity contribution in [2.75, 3.05) is 13.5 Å². The number of pyridine rings is 1. The van der Waals surface area contributed by atoms with Crippen molar-refractivity contribution in [3.8, 4) is 0 Å². The molecule has 164 valence electrons. The van der Waals surface area contributed by atoms with Gasteiger partial charge in [-0.05, 0) is 55.7 Å². The highest BCUT2D eigenvalue weighted by Crippen LogP contribution is 2.35. The van der Waals surface area contributed by atoms with Crippen LogP contribution in [0, 0.1) is 5.82 Å². The van der Waals surface area contributed by atoms with E-state index in [0.29, 0.717) is 29.6 Å². The van der Waals surface area contributed by atoms with E-state index in [1.807, 2.05) is 0 Å². The largest absolute Gasteiger partial charge is 0.416 e. The van der Waals surface area contributed by atoms with Crippen LogP contribution < -0.4 is 10.6 Å². The van der Waals surface area contributed by atoms with Gasteiger partial charge in [0.05, 0.1) is 35.3 Å². The zero-order chi connectivity index (χ0) is 21.8. The molecule has 0 unspecified atom stereocenters. The van der Waals surface area contributed by atoms with Gasteiger partial charge in [-0.15, -0.1) is 0 Å². The molecular weight excluding hydrogens is 422 g/mol. The maximum absolute atomic E-state index is 14.1. The Labute approximate surface area is 178 Å². The number of aromatic nitrogens is 1. The Bertz CT molecular complexity index is 841. The van der Waals surface area contributed by atoms with Gasteiger partial charge in [-0.3, -0.25) is 15.6 Å². The zero-order valence-electron chi connectivity index (χ0n) is 16.5. The van der Waals surface area contributed by atoms with Crippen LogP contribution in [0.5, 0.6) is 0 Å². The molecule has 4 nitrogen and oxygen atoms in total. The van der Waals surface area contributed by atoms with Gasteiger partial charge in [-0.1, -0.05) is 24.4 Å². The van der Waals surface area contributed by atoms with E-state index in [2.05, 4.69) is 15.6 Å². The van der Waals surface area contributed by atoms with E-state index in [0.717, 1.165) is 25.0 Å². The normalized spacial score (nSPS) is 17.3. The number of hydrogen-bond acceptors (Lipinski definition) is 4. The second-order valence-electron chi connectivity index (χ2n) is 7.57. The zero-order valence-corrected chi connectivity index (χ0v) is 17.3. The smallest absolute Gasteiger partial charge is 0.351 e. The van der Waals surface area contributed by atoms with Crippen LogP contribution >= 0.6 is 11.6 Å². The SMILES string of the molecule is C[C@@](NCOCNC1CCCC1)(c1cc(F)cc(C(F)(F)F)c1)c1ccc(Cl)cn1. The van der Waals surface area contributed by atoms with Crippen molar-refractivity contribution in [3.05, 3.63) is 64.2 Å². The van der Waals surface area contributed by atoms with Gasteiger partial charge in [0, 0.05) is 12.2 Å². The highest BCUT2D eigenvalue weighted by molar-refractivity contribution is 6.30. The summed E-state index contributed by atoms with van der Waals surface area (Å²) >= 11 is 5.90. The second-order valence-corrected chi connectivity index (χ2v) is 8.00. The molecule has 1 heterocycles. The van der Waals surface area contributed by atoms with E-state index in [9.17, 15) is 17.6 Å². The number of alkyl halides is 3. The molecule has 3 rings (SSSR count). The highest BCUT2D eigenvalue weighted by Gasteiger charge is 2.36. The fraction of sp³-hybridized carbons (Fsp3) is 0.476. The molecule has 9 heteroatoms. The lowest BCUT2D eigenvalue weighted by Gasteiger charge is -2.32. The first-order chi connectivity index (χ1) is 14.2. The van der Waals surface area contributed by atoms with Gasteiger partial charge in [-0.25, -0.2) is 4.39 Å². The average Bonchev–Trinajstić information content (AvgIpc) is 3.20. The maximum atomic E-state index is 14.1. The molecule has 1 aliphatic rings. The molecule has 1 fully saturated rings. The number of halogens is 5. The van der Waals surface area contributed by atoms with Crippen LogP contribution in [-0.2, 0) is 16.5 Å². The molecular formula is C21H24ClF4N3O. The average molecular weight is 446 g/mol. The first-order valence-corrected chi connectivity index (χ1v) is 10.1. The molecule has 1 saturated carbocycles. The third kappa shape index (κ3) is 5.69. The van der Waals surface area contributed by atoms with Crippen LogP contribution in [-0.4, -0.2) is 24.5 Å². The van der Waals surface area contributed by atoms with Crippen molar-refractivity contribution in [3.63, 3.8) is 0 Å². The van der Waals surface area contributed by atoms with Gasteiger partial charge in [-0.2, -0.15) is 13.2 Å². The Hall–Kier alpha value is -1.74. The van der Waals surface area contributed by atoms with Crippen LogP contribution in [0.4, 0.5) is 17.6 Å². The van der Waals surface area contributed by atoms with E-state index < -0.39 is 23.1 Å². The van der Waals surface area contributed by atoms with Crippen molar-refractivity contribution in [1.29, 1.82) is 0 Å². The van der Waals surface area contributed by atoms with Crippen molar-refractivity contribution >= 4 is 11.6 Å². The molecule has 1 aliphatic carbocycles. The molecule has 1 atom stereocenters. The molecule has 0 aliphatic heterocycles. The van der Waals surface area contributed by atoms with Gasteiger partial charge in [0.1, 0.15) is 5.82 Å². The van der Waals surface area contributed by atoms with Crippen molar-refractivity contribution in [2.45, 2.75) is 50.4 Å². The topological polar surface area (TPSA) is 46.2 Å². The van der Waals surface area contributed by atoms with E-state index >= 15 is 0 Å². The summed E-state index contributed by atoms with van der Waals surface area (Å²) < 4.78 is 59.4. The summed E-state index contributed by atoms with van der Waals surface area (Å²) in [4.78, 5) is 4.24. The molecule has 1 aromatic carbocycles. The first-order valence-electron chi connectivity index (χ1n) is 9.75. The molecule has 0 bridgehead atoms. The highest BCUT2D eigenvalue weighted by atomic mass is 35.5. The molecule has 0 radical (unpaired) electrons. The van der Waals surface area contributed by atoms with Crippen LogP contribution in [0.15, 0.2) is 36.5 Å². The predicted molar refractivity (Wildman–Crippen MR) is 106 cm³/mol. The molecule has 0 spiro atoms. The quantitative estimate of drug-likeness (QED) is 0.332. The van der Waals surface area contributed by atoms with E-state index in [-0.39, 0.29) is 12.3 Å². The van der Waals surface area contributed by atoms with Gasteiger partial charge in [0.15, 0.2) is 0 Å². The van der Waals surface area contributed by atoms with Gasteiger partial charge < -0.3 is 4.74 Å². The summed E-state index contributed by atoms with van der Waals surface area (Å²) in [6.07, 6.45) is 1.31. The summed E-state index contributed by atoms with van der Waals surface area (Å²) in [6.45, 7) is 1.96. The summed E-state index contributed by atoms with van der Waals surface area (Å²) in [6, 6.07) is 6.05. The van der Waals surface area contributed by atoms with Gasteiger partial charge in [0.2, 0.25) is 0 Å². The monoisotopic (exact) mass is 445 g/mol. The standard InChI is InChI=1S/C21H24ClF4N3O/c1-20(19-7-6-16(22)11-27-19,29-13-30-12-28-18-4-2-3-5-18)14-8-15(21(24,25)26)10-17(23)9-14/h6-11,18,28-29H,2-5,12-13H2,1H3/t20-/m1/s1. The van der Waals surface area contributed by atoms with E-state index in [1.165, 1.54) is 19.0 Å². The van der Waals surface area contributed by atoms with Crippen LogP contribution in [0.3, 0.4) is 0 Å². The summed E-state index contributed by atoms with van der Waals surface area (Å²) in [5, 5.41) is 6.75. The summed E-state index contributed by atoms with van der Waals surface area (Å²) in [7, 11) is 0. The fourth-order valence-electron chi connectivity index (χ4n) is 3.61. The predicted octanol–water partition coefficient (Wildman–Crippen LogP) is 5.21. The number of nitrogens with one attached hydrogen (secondary N) is 2. The number of benzene rings is 1. The van der Waals surface area contributed by atoms with E-state index in [1.54, 1.807) is 19.1 Å². The lowest BCUT2D eigenvalue weighted by atomic mass is 9.87. The Kier molecular flexibility index (Phi) is 7.34. The maximum Gasteiger partial charge on any atom is 0.416 e. The molecule has 2 N–H and O–H groups in total. The van der Waals surface area contributed by atoms with Gasteiger partial charge >= 0.3 is 6.18 Å². The molecule has 30 heavy (non-hydrogen) atoms. The number of nitrogens with zero attached hydrogens (tertiary/aromatic N) is 1. The Balaban J connectivity index is 1.81. The third-order valence-corrected chi connectivity index (χ3v) is 5.62. The minimum atomic E-state index is -4.67. The Morgan fingerprint density at radius 2 is 1.80 bits per heavy atom. The number of ether oxygens (including phenoxy) is 1. The number of hydrogen-bond donors (Lipinski definition) is 2. The van der Waals surface area contributed by atoms with Crippen LogP contribution in [0.2, 0.25) is 5.02 Å².